The van der Waals surface area contributed by atoms with Crippen LogP contribution in [0.25, 0.3) is 22.5 Å². The maximum absolute atomic E-state index is 13.2. The molecule has 0 aliphatic heterocycles. The minimum absolute atomic E-state index is 0.0718. The molecule has 0 amide bonds. The Bertz CT molecular complexity index is 1260. The molecule has 3 aromatic heterocycles. The summed E-state index contributed by atoms with van der Waals surface area (Å²) in [6.45, 7) is 7.38. The monoisotopic (exact) mass is 465 g/mol. The topological polar surface area (TPSA) is 94.3 Å². The summed E-state index contributed by atoms with van der Waals surface area (Å²) in [6.07, 6.45) is 4.38. The fourth-order valence-electron chi connectivity index (χ4n) is 3.88. The molecule has 0 saturated heterocycles. The average molecular weight is 466 g/mol. The highest BCUT2D eigenvalue weighted by atomic mass is 35.5. The molecule has 4 aromatic rings. The number of hydrogen-bond acceptors (Lipinski definition) is 5. The highest BCUT2D eigenvalue weighted by Gasteiger charge is 2.19. The number of nitrogens with zero attached hydrogens (tertiary/aromatic N) is 6. The smallest absolute Gasteiger partial charge is 0.289 e. The number of tetrazole rings is 1. The van der Waals surface area contributed by atoms with E-state index in [2.05, 4.69) is 46.4 Å². The first-order valence-electron chi connectivity index (χ1n) is 11.3. The molecule has 1 aromatic carbocycles. The number of aromatic amines is 1. The van der Waals surface area contributed by atoms with Gasteiger partial charge < -0.3 is 0 Å². The van der Waals surface area contributed by atoms with Crippen molar-refractivity contribution in [3.05, 3.63) is 69.6 Å². The van der Waals surface area contributed by atoms with E-state index in [9.17, 15) is 4.79 Å². The second kappa shape index (κ2) is 10.1. The summed E-state index contributed by atoms with van der Waals surface area (Å²) in [4.78, 5) is 17.8. The Morgan fingerprint density at radius 2 is 1.88 bits per heavy atom. The number of nitrogens with one attached hydrogen (secondary N) is 1. The number of halogens is 1. The van der Waals surface area contributed by atoms with Crippen molar-refractivity contribution < 1.29 is 0 Å². The lowest BCUT2D eigenvalue weighted by Gasteiger charge is -2.09. The fourth-order valence-corrected chi connectivity index (χ4v) is 4.23. The van der Waals surface area contributed by atoms with Crippen molar-refractivity contribution in [3.63, 3.8) is 0 Å². The normalized spacial score (nSPS) is 11.4. The predicted molar refractivity (Wildman–Crippen MR) is 129 cm³/mol. The maximum atomic E-state index is 13.2. The van der Waals surface area contributed by atoms with Gasteiger partial charge in [-0.1, -0.05) is 69.1 Å². The van der Waals surface area contributed by atoms with Crippen molar-refractivity contribution in [2.24, 2.45) is 5.92 Å². The number of imidazole rings is 1. The fraction of sp³-hybridized carbons (Fsp3) is 0.375. The third kappa shape index (κ3) is 4.90. The van der Waals surface area contributed by atoms with Gasteiger partial charge >= 0.3 is 5.69 Å². The van der Waals surface area contributed by atoms with Crippen LogP contribution >= 0.6 is 11.6 Å². The van der Waals surface area contributed by atoms with Crippen molar-refractivity contribution in [2.45, 2.75) is 53.1 Å². The van der Waals surface area contributed by atoms with Gasteiger partial charge in [-0.25, -0.2) is 4.79 Å². The zero-order valence-electron chi connectivity index (χ0n) is 19.1. The zero-order valence-corrected chi connectivity index (χ0v) is 19.9. The van der Waals surface area contributed by atoms with Gasteiger partial charge in [-0.15, -0.1) is 10.2 Å². The van der Waals surface area contributed by atoms with Crippen LogP contribution in [-0.4, -0.2) is 34.7 Å². The molecular weight excluding hydrogens is 438 g/mol. The van der Waals surface area contributed by atoms with Crippen molar-refractivity contribution >= 4 is 11.6 Å². The summed E-state index contributed by atoms with van der Waals surface area (Å²) in [5.41, 5.74) is 4.38. The van der Waals surface area contributed by atoms with Crippen LogP contribution in [0.2, 0.25) is 5.15 Å². The summed E-state index contributed by atoms with van der Waals surface area (Å²) in [5.74, 6) is 1.03. The molecule has 0 aliphatic rings. The van der Waals surface area contributed by atoms with E-state index >= 15 is 0 Å². The standard InChI is InChI=1S/C24H28ClN7O/c1-4-7-21-22(25)31(13-12-16(2)3)24(33)32(21)15-18-11-10-17(14-26-18)19-8-5-6-9-20(19)23-27-29-30-28-23/h5-6,8-11,14,16H,4,7,12-13,15H2,1-3H3,(H,27,28,29,30). The summed E-state index contributed by atoms with van der Waals surface area (Å²) in [6, 6.07) is 11.8. The number of hydrogen-bond donors (Lipinski definition) is 1. The van der Waals surface area contributed by atoms with Crippen molar-refractivity contribution in [1.82, 2.24) is 34.7 Å². The van der Waals surface area contributed by atoms with Gasteiger partial charge in [0.15, 0.2) is 0 Å². The minimum atomic E-state index is -0.0718. The van der Waals surface area contributed by atoms with E-state index in [0.29, 0.717) is 30.0 Å². The first kappa shape index (κ1) is 22.9. The highest BCUT2D eigenvalue weighted by molar-refractivity contribution is 6.30. The van der Waals surface area contributed by atoms with Crippen molar-refractivity contribution in [1.29, 1.82) is 0 Å². The van der Waals surface area contributed by atoms with Crippen molar-refractivity contribution in [3.8, 4) is 22.5 Å². The van der Waals surface area contributed by atoms with Gasteiger partial charge in [0, 0.05) is 23.9 Å². The van der Waals surface area contributed by atoms with Gasteiger partial charge in [-0.05, 0) is 35.6 Å². The van der Waals surface area contributed by atoms with Crippen LogP contribution in [0.3, 0.4) is 0 Å². The SMILES string of the molecule is CCCc1c(Cl)n(CCC(C)C)c(=O)n1Cc1ccc(-c2ccccc2-c2nn[nH]n2)cn1. The van der Waals surface area contributed by atoms with E-state index in [4.69, 9.17) is 11.6 Å². The Kier molecular flexibility index (Phi) is 7.03. The van der Waals surface area contributed by atoms with Gasteiger partial charge in [-0.2, -0.15) is 5.21 Å². The summed E-state index contributed by atoms with van der Waals surface area (Å²) in [7, 11) is 0. The van der Waals surface area contributed by atoms with Gasteiger partial charge in [-0.3, -0.25) is 14.1 Å². The molecule has 0 aliphatic carbocycles. The molecule has 4 rings (SSSR count). The van der Waals surface area contributed by atoms with Gasteiger partial charge in [0.25, 0.3) is 0 Å². The quantitative estimate of drug-likeness (QED) is 0.390. The molecule has 0 unspecified atom stereocenters. The number of aromatic nitrogens is 7. The molecule has 9 heteroatoms. The zero-order chi connectivity index (χ0) is 23.4. The van der Waals surface area contributed by atoms with E-state index in [-0.39, 0.29) is 5.69 Å². The van der Waals surface area contributed by atoms with E-state index in [1.165, 1.54) is 0 Å². The van der Waals surface area contributed by atoms with Crippen LogP contribution in [0.1, 0.15) is 45.0 Å². The first-order valence-corrected chi connectivity index (χ1v) is 11.6. The van der Waals surface area contributed by atoms with Crippen LogP contribution in [0.5, 0.6) is 0 Å². The lowest BCUT2D eigenvalue weighted by molar-refractivity contribution is 0.502. The summed E-state index contributed by atoms with van der Waals surface area (Å²) < 4.78 is 3.46. The molecule has 8 nitrogen and oxygen atoms in total. The average Bonchev–Trinajstić information content (AvgIpc) is 3.42. The molecule has 1 N–H and O–H groups in total. The summed E-state index contributed by atoms with van der Waals surface area (Å²) >= 11 is 6.64. The highest BCUT2D eigenvalue weighted by Crippen LogP contribution is 2.29. The van der Waals surface area contributed by atoms with Crippen LogP contribution in [0.4, 0.5) is 0 Å². The Hall–Kier alpha value is -3.26. The molecule has 0 radical (unpaired) electrons. The molecular formula is C24H28ClN7O. The van der Waals surface area contributed by atoms with Crippen LogP contribution in [-0.2, 0) is 19.5 Å². The molecule has 0 saturated carbocycles. The molecule has 0 bridgehead atoms. The van der Waals surface area contributed by atoms with E-state index in [1.807, 2.05) is 42.6 Å². The third-order valence-corrected chi connectivity index (χ3v) is 6.07. The summed E-state index contributed by atoms with van der Waals surface area (Å²) in [5, 5.41) is 14.9. The lowest BCUT2D eigenvalue weighted by Crippen LogP contribution is -2.26. The number of benzene rings is 1. The van der Waals surface area contributed by atoms with E-state index < -0.39 is 0 Å². The van der Waals surface area contributed by atoms with Crippen molar-refractivity contribution in [2.75, 3.05) is 0 Å². The Balaban J connectivity index is 1.63. The van der Waals surface area contributed by atoms with E-state index in [1.54, 1.807) is 9.13 Å². The number of H-pyrrole nitrogens is 1. The Morgan fingerprint density at radius 3 is 2.52 bits per heavy atom. The maximum Gasteiger partial charge on any atom is 0.329 e. The molecule has 3 heterocycles. The predicted octanol–water partition coefficient (Wildman–Crippen LogP) is 4.59. The number of rotatable bonds is 9. The van der Waals surface area contributed by atoms with E-state index in [0.717, 1.165) is 47.3 Å². The first-order chi connectivity index (χ1) is 16.0. The van der Waals surface area contributed by atoms with Crippen LogP contribution in [0.15, 0.2) is 47.4 Å². The molecule has 0 spiro atoms. The second-order valence-corrected chi connectivity index (χ2v) is 8.87. The molecule has 172 valence electrons. The third-order valence-electron chi connectivity index (χ3n) is 5.65. The minimum Gasteiger partial charge on any atom is -0.289 e. The molecule has 33 heavy (non-hydrogen) atoms. The lowest BCUT2D eigenvalue weighted by atomic mass is 10.0. The van der Waals surface area contributed by atoms with Gasteiger partial charge in [0.2, 0.25) is 5.82 Å². The van der Waals surface area contributed by atoms with Gasteiger partial charge in [0.1, 0.15) is 5.15 Å². The largest absolute Gasteiger partial charge is 0.329 e. The van der Waals surface area contributed by atoms with Gasteiger partial charge in [0.05, 0.1) is 17.9 Å². The second-order valence-electron chi connectivity index (χ2n) is 8.51. The molecule has 0 fully saturated rings. The number of pyridine rings is 1. The Labute approximate surface area is 197 Å². The molecule has 0 atom stereocenters. The Morgan fingerprint density at radius 1 is 1.09 bits per heavy atom. The van der Waals surface area contributed by atoms with Crippen LogP contribution in [0, 0.1) is 5.92 Å². The van der Waals surface area contributed by atoms with Crippen LogP contribution < -0.4 is 5.69 Å².